The molecule has 3 heteroatoms. The monoisotopic (exact) mass is 507 g/mol. The summed E-state index contributed by atoms with van der Waals surface area (Å²) in [7, 11) is 0. The quantitative estimate of drug-likeness (QED) is 0.231. The zero-order valence-electron chi connectivity index (χ0n) is 21.0. The molecule has 6 aromatic rings. The number of alkyl halides is 2. The Balaban J connectivity index is 1.28. The van der Waals surface area contributed by atoms with Crippen LogP contribution in [0.2, 0.25) is 0 Å². The summed E-state index contributed by atoms with van der Waals surface area (Å²) in [5, 5.41) is 0. The van der Waals surface area contributed by atoms with Crippen LogP contribution >= 0.6 is 0 Å². The molecule has 0 amide bonds. The molecular weight excluding hydrogens is 484 g/mol. The van der Waals surface area contributed by atoms with Crippen LogP contribution < -0.4 is 0 Å². The number of hydrogen-bond acceptors (Lipinski definition) is 1. The third kappa shape index (κ3) is 4.04. The van der Waals surface area contributed by atoms with E-state index in [0.29, 0.717) is 11.1 Å². The van der Waals surface area contributed by atoms with E-state index >= 15 is 8.78 Å². The van der Waals surface area contributed by atoms with E-state index in [0.717, 1.165) is 44.8 Å². The summed E-state index contributed by atoms with van der Waals surface area (Å²) in [5.41, 5.74) is 8.99. The number of rotatable bonds is 4. The zero-order chi connectivity index (χ0) is 26.4. The van der Waals surface area contributed by atoms with Crippen molar-refractivity contribution in [1.82, 2.24) is 4.98 Å². The lowest BCUT2D eigenvalue weighted by Crippen LogP contribution is -2.10. The molecule has 0 unspecified atom stereocenters. The lowest BCUT2D eigenvalue weighted by molar-refractivity contribution is 0.0480. The van der Waals surface area contributed by atoms with Crippen LogP contribution in [0.3, 0.4) is 0 Å². The van der Waals surface area contributed by atoms with E-state index in [4.69, 9.17) is 4.98 Å². The van der Waals surface area contributed by atoms with Crippen LogP contribution in [-0.2, 0) is 5.92 Å². The second-order valence-corrected chi connectivity index (χ2v) is 9.82. The summed E-state index contributed by atoms with van der Waals surface area (Å²) in [5.74, 6) is -3.00. The summed E-state index contributed by atoms with van der Waals surface area (Å²) in [6.45, 7) is 0. The number of nitrogens with zero attached hydrogens (tertiary/aromatic N) is 1. The maximum absolute atomic E-state index is 15.3. The number of fused-ring (bicyclic) bond motifs is 3. The van der Waals surface area contributed by atoms with Gasteiger partial charge in [-0.3, -0.25) is 0 Å². The van der Waals surface area contributed by atoms with E-state index in [2.05, 4.69) is 36.4 Å². The van der Waals surface area contributed by atoms with Crippen molar-refractivity contribution in [2.45, 2.75) is 5.92 Å². The predicted octanol–water partition coefficient (Wildman–Crippen LogP) is 9.87. The van der Waals surface area contributed by atoms with Gasteiger partial charge in [-0.2, -0.15) is 8.78 Å². The average molecular weight is 508 g/mol. The van der Waals surface area contributed by atoms with Crippen LogP contribution in [0, 0.1) is 0 Å². The molecule has 0 aliphatic heterocycles. The largest absolute Gasteiger partial charge is 0.299 e. The van der Waals surface area contributed by atoms with E-state index in [1.807, 2.05) is 72.8 Å². The number of pyridine rings is 1. The van der Waals surface area contributed by atoms with Crippen LogP contribution in [0.1, 0.15) is 11.1 Å². The lowest BCUT2D eigenvalue weighted by atomic mass is 9.96. The first-order valence-electron chi connectivity index (χ1n) is 12.9. The van der Waals surface area contributed by atoms with Crippen LogP contribution in [0.5, 0.6) is 0 Å². The highest BCUT2D eigenvalue weighted by atomic mass is 19.3. The Morgan fingerprint density at radius 1 is 0.385 bits per heavy atom. The van der Waals surface area contributed by atoms with Gasteiger partial charge in [0.2, 0.25) is 0 Å². The van der Waals surface area contributed by atoms with Crippen molar-refractivity contribution in [2.24, 2.45) is 0 Å². The maximum Gasteiger partial charge on any atom is 0.299 e. The smallest absolute Gasteiger partial charge is 0.248 e. The van der Waals surface area contributed by atoms with Gasteiger partial charge in [-0.15, -0.1) is 0 Å². The summed E-state index contributed by atoms with van der Waals surface area (Å²) < 4.78 is 30.5. The number of hydrogen-bond donors (Lipinski definition) is 0. The lowest BCUT2D eigenvalue weighted by Gasteiger charge is -2.14. The van der Waals surface area contributed by atoms with Gasteiger partial charge in [0.05, 0.1) is 11.4 Å². The van der Waals surface area contributed by atoms with Gasteiger partial charge in [-0.1, -0.05) is 121 Å². The Hall–Kier alpha value is -4.89. The molecule has 1 nitrogen and oxygen atoms in total. The van der Waals surface area contributed by atoms with Crippen molar-refractivity contribution in [3.63, 3.8) is 0 Å². The number of aromatic nitrogens is 1. The van der Waals surface area contributed by atoms with E-state index in [1.54, 1.807) is 24.3 Å². The molecule has 39 heavy (non-hydrogen) atoms. The van der Waals surface area contributed by atoms with E-state index in [-0.39, 0.29) is 11.1 Å². The van der Waals surface area contributed by atoms with Crippen molar-refractivity contribution in [2.75, 3.05) is 0 Å². The summed E-state index contributed by atoms with van der Waals surface area (Å²) in [6.07, 6.45) is 0. The SMILES string of the molecule is FC1(F)c2ccccc2-c2ccc(-c3ccc(-c4cc(-c5ccccc5)cc(-c5ccccc5)n4)cc3)cc21. The first kappa shape index (κ1) is 23.2. The number of benzene rings is 5. The molecule has 0 radical (unpaired) electrons. The molecule has 0 bridgehead atoms. The summed E-state index contributed by atoms with van der Waals surface area (Å²) in [6, 6.07) is 44.8. The minimum atomic E-state index is -3.00. The highest BCUT2D eigenvalue weighted by Gasteiger charge is 2.44. The fraction of sp³-hybridized carbons (Fsp3) is 0.0278. The molecule has 0 atom stereocenters. The molecule has 1 aliphatic rings. The molecule has 1 heterocycles. The molecule has 1 aliphatic carbocycles. The van der Waals surface area contributed by atoms with Gasteiger partial charge in [0.1, 0.15) is 0 Å². The first-order chi connectivity index (χ1) is 19.1. The van der Waals surface area contributed by atoms with Crippen molar-refractivity contribution in [1.29, 1.82) is 0 Å². The van der Waals surface area contributed by atoms with E-state index < -0.39 is 5.92 Å². The van der Waals surface area contributed by atoms with Gasteiger partial charge in [-0.05, 0) is 51.6 Å². The van der Waals surface area contributed by atoms with Crippen LogP contribution in [0.4, 0.5) is 8.78 Å². The van der Waals surface area contributed by atoms with Gasteiger partial charge in [0.15, 0.2) is 0 Å². The molecule has 0 saturated heterocycles. The second-order valence-electron chi connectivity index (χ2n) is 9.82. The second kappa shape index (κ2) is 9.14. The molecule has 1 aromatic heterocycles. The summed E-state index contributed by atoms with van der Waals surface area (Å²) >= 11 is 0. The Bertz CT molecular complexity index is 1750. The van der Waals surface area contributed by atoms with Crippen LogP contribution in [0.25, 0.3) is 55.9 Å². The Morgan fingerprint density at radius 3 is 1.56 bits per heavy atom. The van der Waals surface area contributed by atoms with Crippen molar-refractivity contribution in [3.8, 4) is 55.9 Å². The molecule has 0 spiro atoms. The predicted molar refractivity (Wildman–Crippen MR) is 154 cm³/mol. The fourth-order valence-corrected chi connectivity index (χ4v) is 5.42. The fourth-order valence-electron chi connectivity index (χ4n) is 5.42. The average Bonchev–Trinajstić information content (AvgIpc) is 3.24. The van der Waals surface area contributed by atoms with E-state index in [9.17, 15) is 0 Å². The molecule has 0 saturated carbocycles. The molecule has 0 fully saturated rings. The maximum atomic E-state index is 15.3. The van der Waals surface area contributed by atoms with Gasteiger partial charge in [0.25, 0.3) is 5.92 Å². The third-order valence-electron chi connectivity index (χ3n) is 7.43. The van der Waals surface area contributed by atoms with E-state index in [1.165, 1.54) is 6.07 Å². The highest BCUT2D eigenvalue weighted by molar-refractivity contribution is 5.83. The van der Waals surface area contributed by atoms with Gasteiger partial charge in [0, 0.05) is 22.3 Å². The molecule has 0 N–H and O–H groups in total. The van der Waals surface area contributed by atoms with Gasteiger partial charge in [-0.25, -0.2) is 4.98 Å². The zero-order valence-corrected chi connectivity index (χ0v) is 21.0. The molecule has 7 rings (SSSR count). The van der Waals surface area contributed by atoms with Crippen LogP contribution in [0.15, 0.2) is 140 Å². The Labute approximate surface area is 226 Å². The van der Waals surface area contributed by atoms with Crippen molar-refractivity contribution in [3.05, 3.63) is 151 Å². The summed E-state index contributed by atoms with van der Waals surface area (Å²) in [4.78, 5) is 4.99. The number of halogens is 2. The third-order valence-corrected chi connectivity index (χ3v) is 7.43. The Kier molecular flexibility index (Phi) is 5.45. The van der Waals surface area contributed by atoms with Crippen molar-refractivity contribution >= 4 is 0 Å². The topological polar surface area (TPSA) is 12.9 Å². The highest BCUT2D eigenvalue weighted by Crippen LogP contribution is 2.51. The van der Waals surface area contributed by atoms with Crippen molar-refractivity contribution < 1.29 is 8.78 Å². The molecular formula is C36H23F2N. The standard InChI is InChI=1S/C36H23F2N/c37-36(38)32-14-8-7-13-30(32)31-20-19-28(21-33(31)36)25-15-17-27(18-16-25)35-23-29(24-9-3-1-4-10-24)22-34(39-35)26-11-5-2-6-12-26/h1-23H. The minimum absolute atomic E-state index is 0.0648. The first-order valence-corrected chi connectivity index (χ1v) is 12.9. The molecule has 5 aromatic carbocycles. The van der Waals surface area contributed by atoms with Gasteiger partial charge < -0.3 is 0 Å². The van der Waals surface area contributed by atoms with Crippen LogP contribution in [-0.4, -0.2) is 4.98 Å². The Morgan fingerprint density at radius 2 is 0.872 bits per heavy atom. The van der Waals surface area contributed by atoms with Gasteiger partial charge >= 0.3 is 0 Å². The molecule has 186 valence electrons. The normalized spacial score (nSPS) is 13.1. The minimum Gasteiger partial charge on any atom is -0.248 e.